The molecule has 0 saturated carbocycles. The van der Waals surface area contributed by atoms with Gasteiger partial charge < -0.3 is 5.32 Å². The predicted molar refractivity (Wildman–Crippen MR) is 67.2 cm³/mol. The Morgan fingerprint density at radius 2 is 2.00 bits per heavy atom. The molecule has 3 rings (SSSR count). The normalized spacial score (nSPS) is 13.6. The van der Waals surface area contributed by atoms with Gasteiger partial charge in [-0.1, -0.05) is 0 Å². The molecule has 8 nitrogen and oxygen atoms in total. The van der Waals surface area contributed by atoms with Crippen LogP contribution in [0.15, 0.2) is 24.4 Å². The average Bonchev–Trinajstić information content (AvgIpc) is 3.04. The second kappa shape index (κ2) is 4.26. The fraction of sp³-hybridized carbons (Fsp3) is 0.0833. The Hall–Kier alpha value is -3.03. The van der Waals surface area contributed by atoms with Crippen molar-refractivity contribution in [2.75, 3.05) is 12.4 Å². The highest BCUT2D eigenvalue weighted by Crippen LogP contribution is 2.24. The number of benzene rings is 1. The van der Waals surface area contributed by atoms with Crippen molar-refractivity contribution < 1.29 is 14.4 Å². The van der Waals surface area contributed by atoms with Crippen molar-refractivity contribution in [2.45, 2.75) is 0 Å². The number of nitrogens with one attached hydrogen (secondary N) is 2. The van der Waals surface area contributed by atoms with Gasteiger partial charge in [0.2, 0.25) is 0 Å². The summed E-state index contributed by atoms with van der Waals surface area (Å²) in [7, 11) is 1.41. The van der Waals surface area contributed by atoms with Gasteiger partial charge in [0.1, 0.15) is 0 Å². The Labute approximate surface area is 112 Å². The van der Waals surface area contributed by atoms with Crippen molar-refractivity contribution in [1.29, 1.82) is 0 Å². The highest BCUT2D eigenvalue weighted by atomic mass is 16.2. The Morgan fingerprint density at radius 3 is 2.70 bits per heavy atom. The van der Waals surface area contributed by atoms with E-state index in [2.05, 4.69) is 20.7 Å². The molecule has 3 amide bonds. The number of hydrogen-bond acceptors (Lipinski definition) is 5. The van der Waals surface area contributed by atoms with E-state index in [-0.39, 0.29) is 23.1 Å². The van der Waals surface area contributed by atoms with E-state index < -0.39 is 5.91 Å². The number of nitrogens with zero attached hydrogens (tertiary/aromatic N) is 3. The molecule has 1 aromatic heterocycles. The van der Waals surface area contributed by atoms with E-state index in [0.29, 0.717) is 11.3 Å². The van der Waals surface area contributed by atoms with Crippen LogP contribution in [0.4, 0.5) is 5.69 Å². The topological polar surface area (TPSA) is 108 Å². The minimum atomic E-state index is -0.455. The van der Waals surface area contributed by atoms with Gasteiger partial charge in [-0.2, -0.15) is 15.4 Å². The number of amides is 3. The van der Waals surface area contributed by atoms with Gasteiger partial charge in [0, 0.05) is 12.7 Å². The maximum absolute atomic E-state index is 11.8. The fourth-order valence-electron chi connectivity index (χ4n) is 1.95. The number of aromatic nitrogens is 3. The zero-order chi connectivity index (χ0) is 14.3. The molecule has 0 bridgehead atoms. The minimum Gasteiger partial charge on any atom is -0.321 e. The molecule has 8 heteroatoms. The third-order valence-corrected chi connectivity index (χ3v) is 3.00. The lowest BCUT2D eigenvalue weighted by atomic mass is 10.1. The first kappa shape index (κ1) is 12.0. The van der Waals surface area contributed by atoms with E-state index in [1.54, 1.807) is 6.07 Å². The average molecular weight is 271 g/mol. The number of carbonyl (C=O) groups is 3. The van der Waals surface area contributed by atoms with Crippen LogP contribution < -0.4 is 5.32 Å². The number of aromatic amines is 1. The van der Waals surface area contributed by atoms with Crippen LogP contribution in [0.25, 0.3) is 0 Å². The summed E-state index contributed by atoms with van der Waals surface area (Å²) in [5, 5.41) is 12.1. The van der Waals surface area contributed by atoms with Crippen LogP contribution >= 0.6 is 0 Å². The van der Waals surface area contributed by atoms with E-state index in [0.717, 1.165) is 4.90 Å². The van der Waals surface area contributed by atoms with Crippen molar-refractivity contribution >= 4 is 23.4 Å². The van der Waals surface area contributed by atoms with Crippen molar-refractivity contribution in [3.63, 3.8) is 0 Å². The standard InChI is InChI=1S/C12H9N5O3/c1-17-11(19)7-3-2-6(4-8(7)12(17)20)14-10(18)9-5-13-16-15-9/h2-5H,1H3,(H,14,18)(H,13,15,16). The molecule has 0 spiro atoms. The molecule has 0 saturated heterocycles. The lowest BCUT2D eigenvalue weighted by Gasteiger charge is -2.04. The Kier molecular flexibility index (Phi) is 2.56. The third-order valence-electron chi connectivity index (χ3n) is 3.00. The van der Waals surface area contributed by atoms with E-state index in [1.165, 1.54) is 25.4 Å². The maximum Gasteiger partial charge on any atom is 0.277 e. The number of carbonyl (C=O) groups excluding carboxylic acids is 3. The van der Waals surface area contributed by atoms with Crippen molar-refractivity contribution in [3.05, 3.63) is 41.2 Å². The van der Waals surface area contributed by atoms with Gasteiger partial charge in [-0.05, 0) is 18.2 Å². The van der Waals surface area contributed by atoms with Crippen LogP contribution in [0, 0.1) is 0 Å². The molecule has 0 radical (unpaired) electrons. The first-order valence-corrected chi connectivity index (χ1v) is 5.71. The minimum absolute atomic E-state index is 0.130. The Morgan fingerprint density at radius 1 is 1.25 bits per heavy atom. The van der Waals surface area contributed by atoms with Gasteiger partial charge in [-0.25, -0.2) is 0 Å². The number of hydrogen-bond donors (Lipinski definition) is 2. The summed E-state index contributed by atoms with van der Waals surface area (Å²) in [6.45, 7) is 0. The molecule has 20 heavy (non-hydrogen) atoms. The molecule has 100 valence electrons. The fourth-order valence-corrected chi connectivity index (χ4v) is 1.95. The molecule has 0 fully saturated rings. The predicted octanol–water partition coefficient (Wildman–Crippen LogP) is 0.283. The third kappa shape index (κ3) is 1.74. The number of fused-ring (bicyclic) bond motifs is 1. The van der Waals surface area contributed by atoms with Gasteiger partial charge in [0.25, 0.3) is 17.7 Å². The smallest absolute Gasteiger partial charge is 0.277 e. The van der Waals surface area contributed by atoms with E-state index in [9.17, 15) is 14.4 Å². The molecule has 0 atom stereocenters. The van der Waals surface area contributed by atoms with Crippen LogP contribution in [0.1, 0.15) is 31.2 Å². The van der Waals surface area contributed by atoms with Crippen molar-refractivity contribution in [3.8, 4) is 0 Å². The lowest BCUT2D eigenvalue weighted by molar-refractivity contribution is 0.0692. The van der Waals surface area contributed by atoms with Crippen LogP contribution in [-0.4, -0.2) is 45.1 Å². The first-order valence-electron chi connectivity index (χ1n) is 5.71. The number of rotatable bonds is 2. The lowest BCUT2D eigenvalue weighted by Crippen LogP contribution is -2.24. The Bertz CT molecular complexity index is 723. The molecule has 2 aromatic rings. The molecule has 2 N–H and O–H groups in total. The van der Waals surface area contributed by atoms with Gasteiger partial charge in [0.05, 0.1) is 17.3 Å². The summed E-state index contributed by atoms with van der Waals surface area (Å²) in [5.41, 5.74) is 1.14. The van der Waals surface area contributed by atoms with Crippen LogP contribution in [0.2, 0.25) is 0 Å². The SMILES string of the molecule is CN1C(=O)c2ccc(NC(=O)c3cn[nH]n3)cc2C1=O. The highest BCUT2D eigenvalue weighted by Gasteiger charge is 2.32. The van der Waals surface area contributed by atoms with Crippen LogP contribution in [-0.2, 0) is 0 Å². The van der Waals surface area contributed by atoms with Gasteiger partial charge in [-0.3, -0.25) is 19.3 Å². The molecular weight excluding hydrogens is 262 g/mol. The molecule has 0 aliphatic carbocycles. The van der Waals surface area contributed by atoms with Crippen LogP contribution in [0.3, 0.4) is 0 Å². The molecule has 1 aromatic carbocycles. The second-order valence-electron chi connectivity index (χ2n) is 4.24. The molecular formula is C12H9N5O3. The Balaban J connectivity index is 1.89. The van der Waals surface area contributed by atoms with Gasteiger partial charge in [0.15, 0.2) is 5.69 Å². The van der Waals surface area contributed by atoms with Crippen LogP contribution in [0.5, 0.6) is 0 Å². The van der Waals surface area contributed by atoms with Gasteiger partial charge in [-0.15, -0.1) is 0 Å². The number of anilines is 1. The number of imide groups is 1. The summed E-state index contributed by atoms with van der Waals surface area (Å²) in [4.78, 5) is 36.4. The maximum atomic E-state index is 11.8. The summed E-state index contributed by atoms with van der Waals surface area (Å²) in [6, 6.07) is 4.54. The van der Waals surface area contributed by atoms with E-state index >= 15 is 0 Å². The zero-order valence-corrected chi connectivity index (χ0v) is 10.4. The summed E-state index contributed by atoms with van der Waals surface area (Å²) in [6.07, 6.45) is 1.28. The summed E-state index contributed by atoms with van der Waals surface area (Å²) >= 11 is 0. The molecule has 2 heterocycles. The zero-order valence-electron chi connectivity index (χ0n) is 10.4. The van der Waals surface area contributed by atoms with Gasteiger partial charge >= 0.3 is 0 Å². The molecule has 1 aliphatic heterocycles. The summed E-state index contributed by atoms with van der Waals surface area (Å²) in [5.74, 6) is -1.19. The molecule has 1 aliphatic rings. The first-order chi connectivity index (χ1) is 9.58. The summed E-state index contributed by atoms with van der Waals surface area (Å²) < 4.78 is 0. The van der Waals surface area contributed by atoms with E-state index in [4.69, 9.17) is 0 Å². The highest BCUT2D eigenvalue weighted by molar-refractivity contribution is 6.21. The largest absolute Gasteiger partial charge is 0.321 e. The quantitative estimate of drug-likeness (QED) is 0.763. The monoisotopic (exact) mass is 271 g/mol. The van der Waals surface area contributed by atoms with E-state index in [1.807, 2.05) is 0 Å². The van der Waals surface area contributed by atoms with Crippen molar-refractivity contribution in [1.82, 2.24) is 20.3 Å². The number of H-pyrrole nitrogens is 1. The molecule has 0 unspecified atom stereocenters. The second-order valence-corrected chi connectivity index (χ2v) is 4.24. The van der Waals surface area contributed by atoms with Crippen molar-refractivity contribution in [2.24, 2.45) is 0 Å².